The fourth-order valence-electron chi connectivity index (χ4n) is 1.49. The molecule has 86 valence electrons. The van der Waals surface area contributed by atoms with E-state index in [-0.39, 0.29) is 11.9 Å². The Morgan fingerprint density at radius 1 is 1.38 bits per heavy atom. The highest BCUT2D eigenvalue weighted by Crippen LogP contribution is 2.22. The Morgan fingerprint density at radius 3 is 2.75 bits per heavy atom. The molecule has 1 heterocycles. The van der Waals surface area contributed by atoms with E-state index < -0.39 is 0 Å². The Hall–Kier alpha value is -1.00. The predicted octanol–water partition coefficient (Wildman–Crippen LogP) is 2.55. The highest BCUT2D eigenvalue weighted by molar-refractivity contribution is 7.99. The van der Waals surface area contributed by atoms with Crippen LogP contribution < -0.4 is 5.73 Å². The van der Waals surface area contributed by atoms with Gasteiger partial charge in [-0.05, 0) is 30.3 Å². The Kier molecular flexibility index (Phi) is 3.85. The van der Waals surface area contributed by atoms with Crippen LogP contribution in [0.4, 0.5) is 4.39 Å². The minimum absolute atomic E-state index is 0.0717. The van der Waals surface area contributed by atoms with Gasteiger partial charge in [0.05, 0.1) is 12.6 Å². The first-order valence-corrected chi connectivity index (χ1v) is 6.21. The number of nitrogens with two attached hydrogens (primary N) is 1. The van der Waals surface area contributed by atoms with Gasteiger partial charge in [0.2, 0.25) is 0 Å². The molecule has 0 aromatic heterocycles. The minimum atomic E-state index is -0.213. The minimum Gasteiger partial charge on any atom is -0.496 e. The van der Waals surface area contributed by atoms with Gasteiger partial charge in [-0.2, -0.15) is 0 Å². The SMILES string of the molecule is NC(CSc1ccc(F)cc1)C1=CCCO1. The standard InChI is InChI=1S/C12H14FNOS/c13-9-3-5-10(6-4-9)16-8-11(14)12-2-1-7-15-12/h2-6,11H,1,7-8,14H2. The van der Waals surface area contributed by atoms with Crippen LogP contribution in [0.3, 0.4) is 0 Å². The molecule has 0 saturated carbocycles. The van der Waals surface area contributed by atoms with E-state index in [9.17, 15) is 4.39 Å². The van der Waals surface area contributed by atoms with Gasteiger partial charge in [-0.25, -0.2) is 4.39 Å². The summed E-state index contributed by atoms with van der Waals surface area (Å²) in [7, 11) is 0. The first kappa shape index (κ1) is 11.5. The van der Waals surface area contributed by atoms with Gasteiger partial charge in [-0.3, -0.25) is 0 Å². The number of ether oxygens (including phenoxy) is 1. The molecule has 0 radical (unpaired) electrons. The average Bonchev–Trinajstić information content (AvgIpc) is 2.81. The molecule has 1 aromatic rings. The first-order valence-electron chi connectivity index (χ1n) is 5.22. The van der Waals surface area contributed by atoms with Crippen LogP contribution in [0.2, 0.25) is 0 Å². The lowest BCUT2D eigenvalue weighted by molar-refractivity contribution is 0.228. The summed E-state index contributed by atoms with van der Waals surface area (Å²) in [6, 6.07) is 6.36. The van der Waals surface area contributed by atoms with Crippen molar-refractivity contribution in [3.05, 3.63) is 41.9 Å². The third-order valence-electron chi connectivity index (χ3n) is 2.34. The maximum Gasteiger partial charge on any atom is 0.123 e. The van der Waals surface area contributed by atoms with Crippen molar-refractivity contribution in [2.45, 2.75) is 17.4 Å². The van der Waals surface area contributed by atoms with Crippen LogP contribution in [0.1, 0.15) is 6.42 Å². The third-order valence-corrected chi connectivity index (χ3v) is 3.47. The summed E-state index contributed by atoms with van der Waals surface area (Å²) < 4.78 is 18.1. The molecule has 16 heavy (non-hydrogen) atoms. The highest BCUT2D eigenvalue weighted by Gasteiger charge is 2.14. The number of benzene rings is 1. The van der Waals surface area contributed by atoms with Crippen molar-refractivity contribution in [2.75, 3.05) is 12.4 Å². The van der Waals surface area contributed by atoms with Gasteiger partial charge in [0.1, 0.15) is 11.6 Å². The molecule has 0 saturated heterocycles. The van der Waals surface area contributed by atoms with Crippen LogP contribution in [0.5, 0.6) is 0 Å². The number of thioether (sulfide) groups is 1. The van der Waals surface area contributed by atoms with Crippen LogP contribution >= 0.6 is 11.8 Å². The van der Waals surface area contributed by atoms with Crippen molar-refractivity contribution >= 4 is 11.8 Å². The Bertz CT molecular complexity index is 377. The van der Waals surface area contributed by atoms with Gasteiger partial charge in [-0.1, -0.05) is 0 Å². The van der Waals surface area contributed by atoms with E-state index in [2.05, 4.69) is 0 Å². The molecule has 0 fully saturated rings. The molecule has 1 atom stereocenters. The van der Waals surface area contributed by atoms with E-state index >= 15 is 0 Å². The lowest BCUT2D eigenvalue weighted by Crippen LogP contribution is -2.25. The molecule has 1 aromatic carbocycles. The maximum absolute atomic E-state index is 12.7. The molecule has 0 aliphatic carbocycles. The molecular weight excluding hydrogens is 225 g/mol. The summed E-state index contributed by atoms with van der Waals surface area (Å²) in [5, 5.41) is 0. The number of hydrogen-bond acceptors (Lipinski definition) is 3. The molecule has 0 amide bonds. The molecule has 4 heteroatoms. The van der Waals surface area contributed by atoms with Gasteiger partial charge >= 0.3 is 0 Å². The van der Waals surface area contributed by atoms with Crippen LogP contribution in [-0.2, 0) is 4.74 Å². The van der Waals surface area contributed by atoms with Crippen LogP contribution in [-0.4, -0.2) is 18.4 Å². The summed E-state index contributed by atoms with van der Waals surface area (Å²) in [4.78, 5) is 1.02. The fraction of sp³-hybridized carbons (Fsp3) is 0.333. The number of halogens is 1. The topological polar surface area (TPSA) is 35.2 Å². The number of rotatable bonds is 4. The monoisotopic (exact) mass is 239 g/mol. The van der Waals surface area contributed by atoms with Crippen molar-refractivity contribution in [1.29, 1.82) is 0 Å². The second kappa shape index (κ2) is 5.37. The third kappa shape index (κ3) is 3.00. The lowest BCUT2D eigenvalue weighted by atomic mass is 10.3. The molecule has 2 N–H and O–H groups in total. The summed E-state index contributed by atoms with van der Waals surface area (Å²) in [5.74, 6) is 1.42. The zero-order chi connectivity index (χ0) is 11.4. The van der Waals surface area contributed by atoms with E-state index in [1.54, 1.807) is 23.9 Å². The maximum atomic E-state index is 12.7. The summed E-state index contributed by atoms with van der Waals surface area (Å²) >= 11 is 1.61. The van der Waals surface area contributed by atoms with Gasteiger partial charge in [-0.15, -0.1) is 11.8 Å². The zero-order valence-electron chi connectivity index (χ0n) is 8.86. The molecule has 1 aliphatic heterocycles. The van der Waals surface area contributed by atoms with E-state index in [4.69, 9.17) is 10.5 Å². The molecule has 0 bridgehead atoms. The van der Waals surface area contributed by atoms with Crippen molar-refractivity contribution in [1.82, 2.24) is 0 Å². The van der Waals surface area contributed by atoms with Crippen molar-refractivity contribution in [3.63, 3.8) is 0 Å². The lowest BCUT2D eigenvalue weighted by Gasteiger charge is -2.12. The van der Waals surface area contributed by atoms with Crippen LogP contribution in [0.15, 0.2) is 41.0 Å². The highest BCUT2D eigenvalue weighted by atomic mass is 32.2. The first-order chi connectivity index (χ1) is 7.75. The Morgan fingerprint density at radius 2 is 2.12 bits per heavy atom. The van der Waals surface area contributed by atoms with Crippen molar-refractivity contribution in [2.24, 2.45) is 5.73 Å². The molecule has 1 unspecified atom stereocenters. The van der Waals surface area contributed by atoms with E-state index in [1.807, 2.05) is 6.08 Å². The second-order valence-electron chi connectivity index (χ2n) is 3.62. The van der Waals surface area contributed by atoms with Gasteiger partial charge in [0.15, 0.2) is 0 Å². The quantitative estimate of drug-likeness (QED) is 0.820. The predicted molar refractivity (Wildman–Crippen MR) is 63.8 cm³/mol. The van der Waals surface area contributed by atoms with E-state index in [0.717, 1.165) is 29.4 Å². The average molecular weight is 239 g/mol. The van der Waals surface area contributed by atoms with Gasteiger partial charge in [0, 0.05) is 17.1 Å². The van der Waals surface area contributed by atoms with Crippen molar-refractivity contribution in [3.8, 4) is 0 Å². The molecule has 2 rings (SSSR count). The largest absolute Gasteiger partial charge is 0.496 e. The van der Waals surface area contributed by atoms with Crippen LogP contribution in [0.25, 0.3) is 0 Å². The van der Waals surface area contributed by atoms with Gasteiger partial charge < -0.3 is 10.5 Å². The summed E-state index contributed by atoms with van der Waals surface area (Å²) in [5.41, 5.74) is 5.97. The normalized spacial score (nSPS) is 16.8. The second-order valence-corrected chi connectivity index (χ2v) is 4.71. The van der Waals surface area contributed by atoms with Crippen LogP contribution in [0, 0.1) is 5.82 Å². The zero-order valence-corrected chi connectivity index (χ0v) is 9.67. The van der Waals surface area contributed by atoms with Crippen molar-refractivity contribution < 1.29 is 9.13 Å². The van der Waals surface area contributed by atoms with E-state index in [1.165, 1.54) is 12.1 Å². The van der Waals surface area contributed by atoms with E-state index in [0.29, 0.717) is 0 Å². The summed E-state index contributed by atoms with van der Waals surface area (Å²) in [6.07, 6.45) is 2.99. The Labute approximate surface area is 98.7 Å². The smallest absolute Gasteiger partial charge is 0.123 e. The fourth-order valence-corrected chi connectivity index (χ4v) is 2.36. The molecular formula is C12H14FNOS. The molecule has 0 spiro atoms. The molecule has 2 nitrogen and oxygen atoms in total. The Balaban J connectivity index is 1.84. The van der Waals surface area contributed by atoms with Gasteiger partial charge in [0.25, 0.3) is 0 Å². The molecule has 1 aliphatic rings. The summed E-state index contributed by atoms with van der Waals surface area (Å²) in [6.45, 7) is 0.740. The number of hydrogen-bond donors (Lipinski definition) is 1.